The van der Waals surface area contributed by atoms with E-state index in [1.807, 2.05) is 30.3 Å². The lowest BCUT2D eigenvalue weighted by Gasteiger charge is -2.07. The van der Waals surface area contributed by atoms with Gasteiger partial charge in [-0.2, -0.15) is 5.10 Å². The molecule has 0 aliphatic rings. The third-order valence-corrected chi connectivity index (χ3v) is 3.45. The largest absolute Gasteiger partial charge is 0.489 e. The van der Waals surface area contributed by atoms with Gasteiger partial charge in [-0.05, 0) is 47.5 Å². The number of carbonyl (C=O) groups excluding carboxylic acids is 1. The van der Waals surface area contributed by atoms with Crippen molar-refractivity contribution in [2.24, 2.45) is 5.10 Å². The van der Waals surface area contributed by atoms with Crippen molar-refractivity contribution >= 4 is 12.1 Å². The van der Waals surface area contributed by atoms with Gasteiger partial charge in [-0.25, -0.2) is 5.43 Å². The molecule has 25 heavy (non-hydrogen) atoms. The molecule has 0 aliphatic heterocycles. The summed E-state index contributed by atoms with van der Waals surface area (Å²) < 4.78 is 5.70. The summed E-state index contributed by atoms with van der Waals surface area (Å²) in [5, 5.41) is 3.93. The number of nitrogens with one attached hydrogen (secondary N) is 1. The number of ether oxygens (including phenoxy) is 1. The van der Waals surface area contributed by atoms with E-state index in [0.29, 0.717) is 17.9 Å². The third kappa shape index (κ3) is 5.00. The summed E-state index contributed by atoms with van der Waals surface area (Å²) in [6.45, 7) is 0.489. The molecule has 3 rings (SSSR count). The molecule has 3 aromatic rings. The van der Waals surface area contributed by atoms with Crippen molar-refractivity contribution in [3.63, 3.8) is 0 Å². The minimum absolute atomic E-state index is 0.278. The maximum Gasteiger partial charge on any atom is 0.271 e. The quantitative estimate of drug-likeness (QED) is 0.556. The summed E-state index contributed by atoms with van der Waals surface area (Å²) in [6, 6.07) is 20.5. The average Bonchev–Trinajstić information content (AvgIpc) is 2.68. The molecule has 0 bridgehead atoms. The number of hydrazone groups is 1. The molecule has 5 heteroatoms. The molecule has 1 amide bonds. The van der Waals surface area contributed by atoms with Gasteiger partial charge in [0.05, 0.1) is 6.21 Å². The molecule has 5 nitrogen and oxygen atoms in total. The van der Waals surface area contributed by atoms with Crippen molar-refractivity contribution in [1.29, 1.82) is 0 Å². The standard InChI is InChI=1S/C20H17N3O2/c24-20(23-22-14-16-10-12-21-13-11-16)18-6-8-19(9-7-18)25-15-17-4-2-1-3-5-17/h1-14H,15H2,(H,23,24). The first-order valence-corrected chi connectivity index (χ1v) is 7.81. The van der Waals surface area contributed by atoms with Crippen LogP contribution in [0.25, 0.3) is 0 Å². The Morgan fingerprint density at radius 1 is 1.00 bits per heavy atom. The number of hydrogen-bond acceptors (Lipinski definition) is 4. The highest BCUT2D eigenvalue weighted by Gasteiger charge is 2.04. The van der Waals surface area contributed by atoms with Crippen LogP contribution in [0.15, 0.2) is 84.2 Å². The van der Waals surface area contributed by atoms with Crippen LogP contribution < -0.4 is 10.2 Å². The van der Waals surface area contributed by atoms with Crippen molar-refractivity contribution in [2.45, 2.75) is 6.61 Å². The van der Waals surface area contributed by atoms with Crippen molar-refractivity contribution in [1.82, 2.24) is 10.4 Å². The van der Waals surface area contributed by atoms with Crippen molar-refractivity contribution in [3.05, 3.63) is 95.8 Å². The molecule has 0 saturated carbocycles. The van der Waals surface area contributed by atoms with Crippen LogP contribution in [0.5, 0.6) is 5.75 Å². The topological polar surface area (TPSA) is 63.6 Å². The van der Waals surface area contributed by atoms with Crippen LogP contribution >= 0.6 is 0 Å². The summed E-state index contributed by atoms with van der Waals surface area (Å²) in [7, 11) is 0. The summed E-state index contributed by atoms with van der Waals surface area (Å²) in [5.74, 6) is 0.431. The second kappa shape index (κ2) is 8.40. The van der Waals surface area contributed by atoms with E-state index in [1.54, 1.807) is 55.0 Å². The second-order valence-corrected chi connectivity index (χ2v) is 5.28. The molecule has 2 aromatic carbocycles. The zero-order valence-corrected chi connectivity index (χ0v) is 13.5. The van der Waals surface area contributed by atoms with Crippen molar-refractivity contribution in [3.8, 4) is 5.75 Å². The number of hydrogen-bond donors (Lipinski definition) is 1. The minimum Gasteiger partial charge on any atom is -0.489 e. The molecule has 0 saturated heterocycles. The number of rotatable bonds is 6. The fraction of sp³-hybridized carbons (Fsp3) is 0.0500. The molecule has 1 aromatic heterocycles. The Labute approximate surface area is 146 Å². The highest BCUT2D eigenvalue weighted by molar-refractivity contribution is 5.94. The Morgan fingerprint density at radius 2 is 1.72 bits per heavy atom. The lowest BCUT2D eigenvalue weighted by atomic mass is 10.2. The number of pyridine rings is 1. The van der Waals surface area contributed by atoms with E-state index in [2.05, 4.69) is 15.5 Å². The van der Waals surface area contributed by atoms with Crippen LogP contribution in [0.4, 0.5) is 0 Å². The van der Waals surface area contributed by atoms with E-state index in [4.69, 9.17) is 4.74 Å². The SMILES string of the molecule is O=C(NN=Cc1ccncc1)c1ccc(OCc2ccccc2)cc1. The first-order valence-electron chi connectivity index (χ1n) is 7.81. The van der Waals surface area contributed by atoms with Gasteiger partial charge < -0.3 is 4.74 Å². The van der Waals surface area contributed by atoms with E-state index in [9.17, 15) is 4.79 Å². The maximum absolute atomic E-state index is 12.0. The summed E-state index contributed by atoms with van der Waals surface area (Å²) in [4.78, 5) is 16.0. The van der Waals surface area contributed by atoms with E-state index in [1.165, 1.54) is 0 Å². The Balaban J connectivity index is 1.52. The Bertz CT molecular complexity index is 832. The molecular weight excluding hydrogens is 314 g/mol. The molecular formula is C20H17N3O2. The fourth-order valence-electron chi connectivity index (χ4n) is 2.12. The molecule has 0 spiro atoms. The average molecular weight is 331 g/mol. The first kappa shape index (κ1) is 16.4. The van der Waals surface area contributed by atoms with Crippen LogP contribution in [-0.2, 0) is 6.61 Å². The first-order chi connectivity index (χ1) is 12.3. The molecule has 1 heterocycles. The molecule has 124 valence electrons. The van der Waals surface area contributed by atoms with Gasteiger partial charge in [0.25, 0.3) is 5.91 Å². The van der Waals surface area contributed by atoms with Crippen LogP contribution in [0, 0.1) is 0 Å². The van der Waals surface area contributed by atoms with Gasteiger partial charge >= 0.3 is 0 Å². The third-order valence-electron chi connectivity index (χ3n) is 3.45. The van der Waals surface area contributed by atoms with E-state index in [0.717, 1.165) is 11.1 Å². The molecule has 0 radical (unpaired) electrons. The van der Waals surface area contributed by atoms with Crippen LogP contribution in [0.2, 0.25) is 0 Å². The zero-order valence-electron chi connectivity index (χ0n) is 13.5. The number of nitrogens with zero attached hydrogens (tertiary/aromatic N) is 2. The van der Waals surface area contributed by atoms with Crippen LogP contribution in [-0.4, -0.2) is 17.1 Å². The highest BCUT2D eigenvalue weighted by atomic mass is 16.5. The lowest BCUT2D eigenvalue weighted by molar-refractivity contribution is 0.0955. The Hall–Kier alpha value is -3.47. The monoisotopic (exact) mass is 331 g/mol. The lowest BCUT2D eigenvalue weighted by Crippen LogP contribution is -2.17. The van der Waals surface area contributed by atoms with Gasteiger partial charge in [0, 0.05) is 18.0 Å². The summed E-state index contributed by atoms with van der Waals surface area (Å²) >= 11 is 0. The number of aromatic nitrogens is 1. The predicted octanol–water partition coefficient (Wildman–Crippen LogP) is 3.42. The fourth-order valence-corrected chi connectivity index (χ4v) is 2.12. The van der Waals surface area contributed by atoms with Crippen molar-refractivity contribution in [2.75, 3.05) is 0 Å². The van der Waals surface area contributed by atoms with Gasteiger partial charge in [-0.15, -0.1) is 0 Å². The van der Waals surface area contributed by atoms with Crippen LogP contribution in [0.1, 0.15) is 21.5 Å². The van der Waals surface area contributed by atoms with Gasteiger partial charge in [-0.3, -0.25) is 9.78 Å². The Morgan fingerprint density at radius 3 is 2.44 bits per heavy atom. The predicted molar refractivity (Wildman–Crippen MR) is 96.5 cm³/mol. The van der Waals surface area contributed by atoms with Gasteiger partial charge in [0.2, 0.25) is 0 Å². The van der Waals surface area contributed by atoms with E-state index < -0.39 is 0 Å². The highest BCUT2D eigenvalue weighted by Crippen LogP contribution is 2.14. The number of carbonyl (C=O) groups is 1. The number of amides is 1. The summed E-state index contributed by atoms with van der Waals surface area (Å²) in [6.07, 6.45) is 4.89. The van der Waals surface area contributed by atoms with Gasteiger partial charge in [-0.1, -0.05) is 30.3 Å². The van der Waals surface area contributed by atoms with Gasteiger partial charge in [0.15, 0.2) is 0 Å². The number of benzene rings is 2. The van der Waals surface area contributed by atoms with E-state index >= 15 is 0 Å². The maximum atomic E-state index is 12.0. The van der Waals surface area contributed by atoms with Crippen molar-refractivity contribution < 1.29 is 9.53 Å². The zero-order chi connectivity index (χ0) is 17.3. The normalized spacial score (nSPS) is 10.6. The molecule has 0 aliphatic carbocycles. The molecule has 0 fully saturated rings. The molecule has 1 N–H and O–H groups in total. The van der Waals surface area contributed by atoms with Crippen LogP contribution in [0.3, 0.4) is 0 Å². The Kier molecular flexibility index (Phi) is 5.51. The minimum atomic E-state index is -0.278. The smallest absolute Gasteiger partial charge is 0.271 e. The summed E-state index contributed by atoms with van der Waals surface area (Å²) in [5.41, 5.74) is 4.96. The molecule has 0 unspecified atom stereocenters. The van der Waals surface area contributed by atoms with E-state index in [-0.39, 0.29) is 5.91 Å². The molecule has 0 atom stereocenters. The second-order valence-electron chi connectivity index (χ2n) is 5.28. The van der Waals surface area contributed by atoms with Gasteiger partial charge in [0.1, 0.15) is 12.4 Å².